The van der Waals surface area contributed by atoms with Gasteiger partial charge < -0.3 is 29.2 Å². The zero-order chi connectivity index (χ0) is 36.5. The number of ether oxygens (including phenoxy) is 4. The van der Waals surface area contributed by atoms with Crippen molar-refractivity contribution in [1.82, 2.24) is 19.8 Å². The van der Waals surface area contributed by atoms with Crippen molar-refractivity contribution in [1.29, 1.82) is 0 Å². The maximum Gasteiger partial charge on any atom is 0.410 e. The van der Waals surface area contributed by atoms with Gasteiger partial charge in [-0.2, -0.15) is 4.72 Å². The summed E-state index contributed by atoms with van der Waals surface area (Å²) in [4.78, 5) is 57.7. The number of nitrogens with one attached hydrogen (secondary N) is 2. The molecule has 1 aliphatic carbocycles. The lowest BCUT2D eigenvalue weighted by Gasteiger charge is -2.37. The molecular weight excluding hydrogens is 680 g/mol. The van der Waals surface area contributed by atoms with Crippen LogP contribution in [0.3, 0.4) is 0 Å². The van der Waals surface area contributed by atoms with E-state index >= 15 is 0 Å². The first-order valence-corrected chi connectivity index (χ1v) is 18.9. The molecule has 2 aromatic rings. The van der Waals surface area contributed by atoms with E-state index in [0.29, 0.717) is 37.4 Å². The van der Waals surface area contributed by atoms with Crippen LogP contribution in [0.15, 0.2) is 47.4 Å². The number of sulfonamides is 1. The van der Waals surface area contributed by atoms with E-state index in [4.69, 9.17) is 18.9 Å². The first-order valence-electron chi connectivity index (χ1n) is 17.4. The van der Waals surface area contributed by atoms with Crippen LogP contribution in [0, 0.1) is 11.3 Å². The van der Waals surface area contributed by atoms with Crippen LogP contribution in [0.1, 0.15) is 70.4 Å². The Morgan fingerprint density at radius 3 is 2.16 bits per heavy atom. The molecule has 276 valence electrons. The van der Waals surface area contributed by atoms with Crippen molar-refractivity contribution >= 4 is 33.9 Å². The van der Waals surface area contributed by atoms with Gasteiger partial charge in [0, 0.05) is 19.5 Å². The lowest BCUT2D eigenvalue weighted by atomic mass is 9.82. The highest BCUT2D eigenvalue weighted by Gasteiger charge is 2.48. The summed E-state index contributed by atoms with van der Waals surface area (Å²) in [6.45, 7) is 5.97. The van der Waals surface area contributed by atoms with Crippen molar-refractivity contribution in [3.63, 3.8) is 0 Å². The normalized spacial score (nSPS) is 21.5. The molecule has 1 saturated carbocycles. The third kappa shape index (κ3) is 7.93. The van der Waals surface area contributed by atoms with Crippen LogP contribution in [0.25, 0.3) is 0 Å². The molecule has 0 bridgehead atoms. The predicted octanol–water partition coefficient (Wildman–Crippen LogP) is 3.47. The average molecular weight is 727 g/mol. The number of methoxy groups -OCH3 is 1. The van der Waals surface area contributed by atoms with E-state index in [1.165, 1.54) is 29.0 Å². The highest BCUT2D eigenvalue weighted by Crippen LogP contribution is 2.38. The van der Waals surface area contributed by atoms with Gasteiger partial charge in [-0.1, -0.05) is 58.2 Å². The van der Waals surface area contributed by atoms with E-state index in [-0.39, 0.29) is 30.6 Å². The second-order valence-corrected chi connectivity index (χ2v) is 16.4. The number of hydrogen-bond acceptors (Lipinski definition) is 10. The Bertz CT molecular complexity index is 1720. The van der Waals surface area contributed by atoms with Crippen molar-refractivity contribution in [2.45, 2.75) is 102 Å². The van der Waals surface area contributed by atoms with Crippen LogP contribution in [0.5, 0.6) is 11.5 Å². The number of nitrogens with zero attached hydrogens (tertiary/aromatic N) is 2. The molecule has 3 heterocycles. The average Bonchev–Trinajstić information content (AvgIpc) is 3.86. The Balaban J connectivity index is 1.17. The summed E-state index contributed by atoms with van der Waals surface area (Å²) in [6.07, 6.45) is 2.59. The molecule has 0 radical (unpaired) electrons. The highest BCUT2D eigenvalue weighted by molar-refractivity contribution is 7.89. The minimum Gasteiger partial charge on any atom is -0.467 e. The third-order valence-electron chi connectivity index (χ3n) is 10.1. The molecule has 2 aromatic carbocycles. The van der Waals surface area contributed by atoms with Crippen molar-refractivity contribution in [2.24, 2.45) is 11.3 Å². The number of hydrogen-bond donors (Lipinski definition) is 2. The van der Waals surface area contributed by atoms with Crippen molar-refractivity contribution in [3.8, 4) is 11.5 Å². The lowest BCUT2D eigenvalue weighted by molar-refractivity contribution is -0.153. The maximum absolute atomic E-state index is 14.4. The number of rotatable bonds is 9. The molecule has 3 amide bonds. The van der Waals surface area contributed by atoms with Gasteiger partial charge in [0.2, 0.25) is 28.6 Å². The van der Waals surface area contributed by atoms with Gasteiger partial charge in [0.1, 0.15) is 24.2 Å². The van der Waals surface area contributed by atoms with Gasteiger partial charge in [-0.25, -0.2) is 18.0 Å². The quantitative estimate of drug-likeness (QED) is 0.365. The zero-order valence-corrected chi connectivity index (χ0v) is 30.2. The molecule has 14 nitrogen and oxygen atoms in total. The van der Waals surface area contributed by atoms with Gasteiger partial charge in [0.15, 0.2) is 11.5 Å². The number of fused-ring (bicyclic) bond motifs is 2. The van der Waals surface area contributed by atoms with Gasteiger partial charge in [0.25, 0.3) is 0 Å². The minimum absolute atomic E-state index is 0.00724. The van der Waals surface area contributed by atoms with Gasteiger partial charge in [-0.3, -0.25) is 14.5 Å². The van der Waals surface area contributed by atoms with Crippen molar-refractivity contribution < 1.29 is 46.5 Å². The SMILES string of the molecule is COC(=O)[C@@H]1C[C@@H](OC(=O)N2Cc3cc4c(cc3C2)OCO4)CN1C(=O)[C@@H](NC(=O)[C@@H](NS(=O)(=O)c1ccccc1)C1CCCCC1)C(C)(C)C. The fraction of sp³-hybridized carbons (Fsp3) is 0.556. The Labute approximate surface area is 298 Å². The van der Waals surface area contributed by atoms with Crippen molar-refractivity contribution in [2.75, 3.05) is 20.4 Å². The summed E-state index contributed by atoms with van der Waals surface area (Å²) in [6, 6.07) is 8.19. The molecule has 15 heteroatoms. The molecule has 0 spiro atoms. The first-order chi connectivity index (χ1) is 24.2. The van der Waals surface area contributed by atoms with Gasteiger partial charge in [0.05, 0.1) is 18.6 Å². The molecule has 0 unspecified atom stereocenters. The number of carbonyl (C=O) groups excluding carboxylic acids is 4. The molecule has 3 aliphatic heterocycles. The van der Waals surface area contributed by atoms with E-state index in [1.54, 1.807) is 39.0 Å². The topological polar surface area (TPSA) is 170 Å². The standard InChI is InChI=1S/C36H46N4O10S/c1-36(2,3)31(37-32(41)30(22-11-7-5-8-12-22)38-51(45,46)26-13-9-6-10-14-26)33(42)40-20-25(17-27(40)34(43)47-4)50-35(44)39-18-23-15-28-29(49-21-48-28)16-24(23)19-39/h6,9-10,13-16,22,25,27,30-31,38H,5,7-8,11-12,17-21H2,1-4H3,(H,37,41)/t25-,27+,30+,31-/m1/s1. The summed E-state index contributed by atoms with van der Waals surface area (Å²) in [5.41, 5.74) is 0.966. The summed E-state index contributed by atoms with van der Waals surface area (Å²) in [7, 11) is -2.85. The van der Waals surface area contributed by atoms with Gasteiger partial charge >= 0.3 is 12.1 Å². The molecule has 6 rings (SSSR count). The monoisotopic (exact) mass is 726 g/mol. The van der Waals surface area contributed by atoms with E-state index in [9.17, 15) is 27.6 Å². The lowest BCUT2D eigenvalue weighted by Crippen LogP contribution is -2.61. The van der Waals surface area contributed by atoms with Crippen LogP contribution < -0.4 is 19.5 Å². The van der Waals surface area contributed by atoms with E-state index in [2.05, 4.69) is 10.0 Å². The predicted molar refractivity (Wildman–Crippen MR) is 183 cm³/mol. The maximum atomic E-state index is 14.4. The smallest absolute Gasteiger partial charge is 0.410 e. The van der Waals surface area contributed by atoms with Crippen molar-refractivity contribution in [3.05, 3.63) is 53.6 Å². The second-order valence-electron chi connectivity index (χ2n) is 14.7. The number of amides is 3. The largest absolute Gasteiger partial charge is 0.467 e. The molecule has 4 atom stereocenters. The molecule has 2 fully saturated rings. The van der Waals surface area contributed by atoms with Crippen LogP contribution in [0.4, 0.5) is 4.79 Å². The number of benzene rings is 2. The fourth-order valence-corrected chi connectivity index (χ4v) is 8.62. The van der Waals surface area contributed by atoms with Crippen LogP contribution in [-0.4, -0.2) is 86.8 Å². The Morgan fingerprint density at radius 1 is 0.941 bits per heavy atom. The Morgan fingerprint density at radius 2 is 1.57 bits per heavy atom. The summed E-state index contributed by atoms with van der Waals surface area (Å²) in [5, 5.41) is 2.87. The third-order valence-corrected chi connectivity index (χ3v) is 11.6. The summed E-state index contributed by atoms with van der Waals surface area (Å²) >= 11 is 0. The highest BCUT2D eigenvalue weighted by atomic mass is 32.2. The van der Waals surface area contributed by atoms with Crippen LogP contribution in [-0.2, 0) is 47.0 Å². The minimum atomic E-state index is -4.06. The molecule has 1 saturated heterocycles. The first kappa shape index (κ1) is 36.4. The number of esters is 1. The number of carbonyl (C=O) groups is 4. The molecule has 51 heavy (non-hydrogen) atoms. The Hall–Kier alpha value is -4.37. The van der Waals surface area contributed by atoms with Gasteiger partial charge in [-0.05, 0) is 59.6 Å². The summed E-state index contributed by atoms with van der Waals surface area (Å²) in [5.74, 6) is -0.908. The fourth-order valence-electron chi connectivity index (χ4n) is 7.33. The van der Waals surface area contributed by atoms with Crippen LogP contribution >= 0.6 is 0 Å². The van der Waals surface area contributed by atoms with Gasteiger partial charge in [-0.15, -0.1) is 0 Å². The second kappa shape index (κ2) is 14.7. The van der Waals surface area contributed by atoms with E-state index in [1.807, 2.05) is 12.1 Å². The molecule has 2 N–H and O–H groups in total. The van der Waals surface area contributed by atoms with E-state index in [0.717, 1.165) is 30.4 Å². The Kier molecular flexibility index (Phi) is 10.5. The van der Waals surface area contributed by atoms with E-state index < -0.39 is 63.5 Å². The molecular formula is C36H46N4O10S. The summed E-state index contributed by atoms with van der Waals surface area (Å²) < 4.78 is 51.3. The zero-order valence-electron chi connectivity index (χ0n) is 29.4. The van der Waals surface area contributed by atoms with Crippen LogP contribution in [0.2, 0.25) is 0 Å². The molecule has 0 aromatic heterocycles. The number of likely N-dealkylation sites (tertiary alicyclic amines) is 1. The molecule has 4 aliphatic rings.